The lowest BCUT2D eigenvalue weighted by Crippen LogP contribution is -2.45. The number of ether oxygens (including phenoxy) is 3. The van der Waals surface area contributed by atoms with Crippen LogP contribution in [0.15, 0.2) is 36.7 Å². The molecule has 0 saturated carbocycles. The molecule has 0 N–H and O–H groups in total. The molecule has 0 aliphatic carbocycles. The minimum Gasteiger partial charge on any atom is -0.472 e. The minimum absolute atomic E-state index is 0.00162. The lowest BCUT2D eigenvalue weighted by molar-refractivity contribution is -0.186. The van der Waals surface area contributed by atoms with Crippen molar-refractivity contribution in [2.24, 2.45) is 7.05 Å². The summed E-state index contributed by atoms with van der Waals surface area (Å²) in [5.41, 5.74) is 3.93. The van der Waals surface area contributed by atoms with E-state index < -0.39 is 32.5 Å². The summed E-state index contributed by atoms with van der Waals surface area (Å²) in [6, 6.07) is 7.55. The Morgan fingerprint density at radius 3 is 2.40 bits per heavy atom. The SMILES string of the molecule is CCN(C[C@H](C)Oc1c(-c2cnc3c(c2)c(-c2ccc4nn(C[C@H](C)O[Si](C)(C)C(C)(C)C)c(C(=O)OC)c4c2)nn3C2CCCCO2)cnn1C)C(=O)C(F)(F)F. The smallest absolute Gasteiger partial charge is 0.471 e. The van der Waals surface area contributed by atoms with Crippen molar-refractivity contribution in [3.63, 3.8) is 0 Å². The van der Waals surface area contributed by atoms with Crippen molar-refractivity contribution in [2.45, 2.75) is 110 Å². The van der Waals surface area contributed by atoms with E-state index in [2.05, 4.69) is 39.0 Å². The number of likely N-dealkylation sites (N-methyl/N-ethyl adjacent to an activating group) is 1. The number of hydrogen-bond acceptors (Lipinski definition) is 10. The molecule has 3 atom stereocenters. The van der Waals surface area contributed by atoms with Crippen LogP contribution >= 0.6 is 0 Å². The van der Waals surface area contributed by atoms with Crippen molar-refractivity contribution in [3.05, 3.63) is 42.4 Å². The summed E-state index contributed by atoms with van der Waals surface area (Å²) >= 11 is 0. The molecule has 18 heteroatoms. The van der Waals surface area contributed by atoms with Gasteiger partial charge in [-0.05, 0) is 76.4 Å². The standard InChI is InChI=1S/C40H53F3N8O6Si/c1-11-49(38(53)40(41,42)43)22-24(2)56-36-30(21-45-48(36)7)27-19-29-33(47-51(35(29)44-20-27)32-14-12-13-17-55-32)26-15-16-31-28(18-26)34(37(52)54-8)50(46-31)23-25(3)57-58(9,10)39(4,5)6/h15-16,18-21,24-25,32H,11-14,17,22-23H2,1-10H3/t24-,25-,32?/m0/s1. The predicted molar refractivity (Wildman–Crippen MR) is 215 cm³/mol. The largest absolute Gasteiger partial charge is 0.472 e. The molecule has 0 spiro atoms. The number of esters is 1. The van der Waals surface area contributed by atoms with Gasteiger partial charge in [-0.3, -0.25) is 9.48 Å². The average Bonchev–Trinajstić information content (AvgIpc) is 3.84. The van der Waals surface area contributed by atoms with Crippen LogP contribution in [-0.2, 0) is 32.3 Å². The summed E-state index contributed by atoms with van der Waals surface area (Å²) in [6.45, 7) is 16.5. The third kappa shape index (κ3) is 8.64. The van der Waals surface area contributed by atoms with E-state index in [0.717, 1.165) is 19.3 Å². The van der Waals surface area contributed by atoms with Gasteiger partial charge in [-0.2, -0.15) is 28.5 Å². The van der Waals surface area contributed by atoms with Crippen molar-refractivity contribution in [1.29, 1.82) is 0 Å². The van der Waals surface area contributed by atoms with Crippen LogP contribution < -0.4 is 4.74 Å². The summed E-state index contributed by atoms with van der Waals surface area (Å²) in [5, 5.41) is 15.6. The van der Waals surface area contributed by atoms with Gasteiger partial charge < -0.3 is 23.5 Å². The number of nitrogens with zero attached hydrogens (tertiary/aromatic N) is 8. The minimum atomic E-state index is -5.00. The van der Waals surface area contributed by atoms with Crippen molar-refractivity contribution < 1.29 is 41.4 Å². The Kier molecular flexibility index (Phi) is 12.1. The van der Waals surface area contributed by atoms with E-state index in [1.807, 2.05) is 31.2 Å². The van der Waals surface area contributed by atoms with E-state index in [4.69, 9.17) is 33.8 Å². The Hall–Kier alpha value is -4.81. The Labute approximate surface area is 336 Å². The summed E-state index contributed by atoms with van der Waals surface area (Å²) < 4.78 is 68.9. The van der Waals surface area contributed by atoms with Crippen LogP contribution in [0.5, 0.6) is 5.88 Å². The number of carbonyl (C=O) groups excluding carboxylic acids is 2. The van der Waals surface area contributed by atoms with Crippen molar-refractivity contribution in [2.75, 3.05) is 26.8 Å². The first kappa shape index (κ1) is 42.8. The van der Waals surface area contributed by atoms with E-state index in [0.29, 0.717) is 68.1 Å². The summed E-state index contributed by atoms with van der Waals surface area (Å²) in [5.74, 6) is -2.17. The molecule has 1 aliphatic heterocycles. The monoisotopic (exact) mass is 826 g/mol. The van der Waals surface area contributed by atoms with Gasteiger partial charge in [0.25, 0.3) is 0 Å². The zero-order valence-electron chi connectivity index (χ0n) is 34.8. The van der Waals surface area contributed by atoms with E-state index >= 15 is 0 Å². The number of alkyl halides is 3. The second-order valence-corrected chi connectivity index (χ2v) is 21.2. The van der Waals surface area contributed by atoms with Crippen LogP contribution in [0.3, 0.4) is 0 Å². The number of benzene rings is 1. The number of amides is 1. The second-order valence-electron chi connectivity index (χ2n) is 16.4. The van der Waals surface area contributed by atoms with Gasteiger partial charge in [-0.1, -0.05) is 26.8 Å². The summed E-state index contributed by atoms with van der Waals surface area (Å²) in [6.07, 6.45) is -0.461. The van der Waals surface area contributed by atoms with Gasteiger partial charge in [0.05, 0.1) is 43.6 Å². The molecule has 5 aromatic rings. The molecular weight excluding hydrogens is 774 g/mol. The highest BCUT2D eigenvalue weighted by Crippen LogP contribution is 2.39. The van der Waals surface area contributed by atoms with Crippen molar-refractivity contribution >= 4 is 42.1 Å². The van der Waals surface area contributed by atoms with E-state index in [-0.39, 0.29) is 36.3 Å². The molecular formula is C40H53F3N8O6Si. The molecule has 1 fully saturated rings. The number of rotatable bonds is 13. The third-order valence-electron chi connectivity index (χ3n) is 11.0. The van der Waals surface area contributed by atoms with Crippen LogP contribution in [0.2, 0.25) is 18.1 Å². The van der Waals surface area contributed by atoms with Crippen molar-refractivity contribution in [1.82, 2.24) is 39.2 Å². The zero-order chi connectivity index (χ0) is 42.3. The number of pyridine rings is 1. The summed E-state index contributed by atoms with van der Waals surface area (Å²) in [4.78, 5) is 31.0. The second kappa shape index (κ2) is 16.4. The average molecular weight is 827 g/mol. The van der Waals surface area contributed by atoms with E-state index in [9.17, 15) is 22.8 Å². The number of aromatic nitrogens is 7. The molecule has 6 rings (SSSR count). The van der Waals surface area contributed by atoms with Crippen molar-refractivity contribution in [3.8, 4) is 28.3 Å². The fourth-order valence-electron chi connectivity index (χ4n) is 7.02. The Morgan fingerprint density at radius 1 is 1.03 bits per heavy atom. The third-order valence-corrected chi connectivity index (χ3v) is 15.6. The molecule has 1 aliphatic rings. The van der Waals surface area contributed by atoms with Gasteiger partial charge in [0.1, 0.15) is 11.8 Å². The molecule has 1 aromatic carbocycles. The quantitative estimate of drug-likeness (QED) is 0.0850. The maximum atomic E-state index is 13.4. The van der Waals surface area contributed by atoms with Gasteiger partial charge in [-0.25, -0.2) is 19.1 Å². The molecule has 58 heavy (non-hydrogen) atoms. The maximum Gasteiger partial charge on any atom is 0.471 e. The molecule has 14 nitrogen and oxygen atoms in total. The lowest BCUT2D eigenvalue weighted by atomic mass is 10.0. The number of methoxy groups -OCH3 is 1. The molecule has 0 radical (unpaired) electrons. The zero-order valence-corrected chi connectivity index (χ0v) is 35.8. The molecule has 4 aromatic heterocycles. The van der Waals surface area contributed by atoms with E-state index in [1.165, 1.54) is 18.7 Å². The highest BCUT2D eigenvalue weighted by atomic mass is 28.4. The number of fused-ring (bicyclic) bond motifs is 2. The Morgan fingerprint density at radius 2 is 1.76 bits per heavy atom. The van der Waals surface area contributed by atoms with Crippen LogP contribution in [0.25, 0.3) is 44.3 Å². The molecule has 314 valence electrons. The number of aryl methyl sites for hydroxylation is 1. The highest BCUT2D eigenvalue weighted by Gasteiger charge is 2.42. The number of halogens is 3. The fraction of sp³-hybridized carbons (Fsp3) is 0.550. The Bertz CT molecular complexity index is 2290. The predicted octanol–water partition coefficient (Wildman–Crippen LogP) is 7.92. The highest BCUT2D eigenvalue weighted by molar-refractivity contribution is 6.74. The van der Waals surface area contributed by atoms with Gasteiger partial charge in [0.2, 0.25) is 5.88 Å². The number of hydrogen-bond donors (Lipinski definition) is 0. The topological polar surface area (TPSA) is 141 Å². The van der Waals surface area contributed by atoms with Gasteiger partial charge >= 0.3 is 18.1 Å². The first-order valence-electron chi connectivity index (χ1n) is 19.6. The van der Waals surface area contributed by atoms with Crippen LogP contribution in [0, 0.1) is 0 Å². The van der Waals surface area contributed by atoms with E-state index in [1.54, 1.807) is 35.7 Å². The first-order chi connectivity index (χ1) is 27.2. The molecule has 0 bridgehead atoms. The van der Waals surface area contributed by atoms with Gasteiger partial charge in [0.15, 0.2) is 25.9 Å². The normalized spacial score (nSPS) is 16.5. The number of carbonyl (C=O) groups is 2. The maximum absolute atomic E-state index is 13.4. The summed E-state index contributed by atoms with van der Waals surface area (Å²) in [7, 11) is 0.892. The molecule has 1 amide bonds. The Balaban J connectivity index is 1.41. The molecule has 1 saturated heterocycles. The molecule has 5 heterocycles. The van der Waals surface area contributed by atoms with Gasteiger partial charge in [-0.15, -0.1) is 0 Å². The van der Waals surface area contributed by atoms with Crippen LogP contribution in [0.4, 0.5) is 13.2 Å². The fourth-order valence-corrected chi connectivity index (χ4v) is 8.46. The lowest BCUT2D eigenvalue weighted by Gasteiger charge is -2.38. The first-order valence-corrected chi connectivity index (χ1v) is 22.5. The van der Waals surface area contributed by atoms with Crippen LogP contribution in [0.1, 0.15) is 77.5 Å². The van der Waals surface area contributed by atoms with Gasteiger partial charge in [0, 0.05) is 48.3 Å². The van der Waals surface area contributed by atoms with Crippen LogP contribution in [-0.4, -0.2) is 105 Å². The molecule has 1 unspecified atom stereocenters.